The predicted octanol–water partition coefficient (Wildman–Crippen LogP) is 3.21. The number of benzene rings is 2. The fourth-order valence-electron chi connectivity index (χ4n) is 3.42. The highest BCUT2D eigenvalue weighted by Crippen LogP contribution is 2.34. The number of pyridine rings is 1. The van der Waals surface area contributed by atoms with Crippen LogP contribution in [0.15, 0.2) is 54.6 Å². The van der Waals surface area contributed by atoms with Crippen LogP contribution < -0.4 is 20.7 Å². The first-order chi connectivity index (χ1) is 13.9. The summed E-state index contributed by atoms with van der Waals surface area (Å²) in [4.78, 5) is 31.4. The first-order valence-electron chi connectivity index (χ1n) is 9.46. The van der Waals surface area contributed by atoms with Crippen LogP contribution in [-0.2, 0) is 9.59 Å². The maximum Gasteiger partial charge on any atom is 0.270 e. The standard InChI is InChI=1S/C22H22N4O3/c1-13(2)20-22(28)26(21-17(29-20)10-11-18(23)25-21)12-19(27)24-16-9-5-7-14-6-3-4-8-15(14)16/h3-11,13,20H,12H2,1-2H3,(H2,23,25)(H,24,27). The van der Waals surface area contributed by atoms with E-state index in [0.29, 0.717) is 11.4 Å². The van der Waals surface area contributed by atoms with Gasteiger partial charge >= 0.3 is 0 Å². The second-order valence-electron chi connectivity index (χ2n) is 7.34. The zero-order valence-corrected chi connectivity index (χ0v) is 16.3. The number of hydrogen-bond donors (Lipinski definition) is 2. The van der Waals surface area contributed by atoms with Gasteiger partial charge in [-0.2, -0.15) is 0 Å². The van der Waals surface area contributed by atoms with Gasteiger partial charge in [-0.3, -0.25) is 14.5 Å². The molecule has 0 spiro atoms. The molecule has 0 saturated heterocycles. The minimum absolute atomic E-state index is 0.0585. The molecule has 1 aliphatic rings. The van der Waals surface area contributed by atoms with Gasteiger partial charge in [0.25, 0.3) is 5.91 Å². The predicted molar refractivity (Wildman–Crippen MR) is 113 cm³/mol. The summed E-state index contributed by atoms with van der Waals surface area (Å²) in [5.41, 5.74) is 6.49. The number of ether oxygens (including phenoxy) is 1. The van der Waals surface area contributed by atoms with Crippen LogP contribution in [0.5, 0.6) is 5.75 Å². The van der Waals surface area contributed by atoms with Gasteiger partial charge in [-0.15, -0.1) is 0 Å². The van der Waals surface area contributed by atoms with Crippen molar-refractivity contribution in [3.05, 3.63) is 54.6 Å². The Labute approximate surface area is 168 Å². The number of rotatable bonds is 4. The van der Waals surface area contributed by atoms with Crippen molar-refractivity contribution < 1.29 is 14.3 Å². The molecule has 3 N–H and O–H groups in total. The summed E-state index contributed by atoms with van der Waals surface area (Å²) >= 11 is 0. The molecule has 1 unspecified atom stereocenters. The van der Waals surface area contributed by atoms with Crippen molar-refractivity contribution in [2.45, 2.75) is 20.0 Å². The summed E-state index contributed by atoms with van der Waals surface area (Å²) in [6.07, 6.45) is -0.682. The molecule has 1 aliphatic heterocycles. The summed E-state index contributed by atoms with van der Waals surface area (Å²) < 4.78 is 5.81. The van der Waals surface area contributed by atoms with E-state index in [4.69, 9.17) is 10.5 Å². The van der Waals surface area contributed by atoms with Gasteiger partial charge in [-0.1, -0.05) is 50.2 Å². The first-order valence-corrected chi connectivity index (χ1v) is 9.46. The minimum Gasteiger partial charge on any atom is -0.476 e. The fraction of sp³-hybridized carbons (Fsp3) is 0.227. The molecule has 148 valence electrons. The molecule has 7 nitrogen and oxygen atoms in total. The Morgan fingerprint density at radius 3 is 2.72 bits per heavy atom. The van der Waals surface area contributed by atoms with E-state index >= 15 is 0 Å². The first kappa shape index (κ1) is 18.7. The molecule has 0 saturated carbocycles. The van der Waals surface area contributed by atoms with Gasteiger partial charge in [0.1, 0.15) is 12.4 Å². The summed E-state index contributed by atoms with van der Waals surface area (Å²) in [5.74, 6) is 0.267. The smallest absolute Gasteiger partial charge is 0.270 e. The number of nitrogen functional groups attached to an aromatic ring is 1. The van der Waals surface area contributed by atoms with Crippen LogP contribution in [0.3, 0.4) is 0 Å². The monoisotopic (exact) mass is 390 g/mol. The third-order valence-electron chi connectivity index (χ3n) is 4.85. The highest BCUT2D eigenvalue weighted by atomic mass is 16.5. The van der Waals surface area contributed by atoms with Crippen LogP contribution >= 0.6 is 0 Å². The maximum atomic E-state index is 13.0. The van der Waals surface area contributed by atoms with Gasteiger partial charge in [0.15, 0.2) is 17.7 Å². The Kier molecular flexibility index (Phi) is 4.80. The van der Waals surface area contributed by atoms with Crippen molar-refractivity contribution >= 4 is 39.9 Å². The summed E-state index contributed by atoms with van der Waals surface area (Å²) in [6, 6.07) is 16.8. The SMILES string of the molecule is CC(C)C1Oc2ccc(N)nc2N(CC(=O)Nc2cccc3ccccc23)C1=O. The number of carbonyl (C=O) groups is 2. The number of anilines is 3. The lowest BCUT2D eigenvalue weighted by Gasteiger charge is -2.34. The topological polar surface area (TPSA) is 97.6 Å². The van der Waals surface area contributed by atoms with E-state index in [2.05, 4.69) is 10.3 Å². The van der Waals surface area contributed by atoms with E-state index in [-0.39, 0.29) is 35.9 Å². The molecule has 0 radical (unpaired) electrons. The van der Waals surface area contributed by atoms with E-state index < -0.39 is 6.10 Å². The summed E-state index contributed by atoms with van der Waals surface area (Å²) in [6.45, 7) is 3.61. The zero-order valence-electron chi connectivity index (χ0n) is 16.3. The van der Waals surface area contributed by atoms with E-state index in [9.17, 15) is 9.59 Å². The van der Waals surface area contributed by atoms with Crippen LogP contribution in [0.1, 0.15) is 13.8 Å². The molecule has 0 bridgehead atoms. The van der Waals surface area contributed by atoms with Gasteiger partial charge in [-0.05, 0) is 29.5 Å². The molecule has 4 rings (SSSR count). The molecule has 1 atom stereocenters. The van der Waals surface area contributed by atoms with E-state index in [1.807, 2.05) is 56.3 Å². The number of carbonyl (C=O) groups excluding carboxylic acids is 2. The van der Waals surface area contributed by atoms with Crippen molar-refractivity contribution in [3.63, 3.8) is 0 Å². The molecule has 29 heavy (non-hydrogen) atoms. The van der Waals surface area contributed by atoms with Gasteiger partial charge in [0.05, 0.1) is 0 Å². The van der Waals surface area contributed by atoms with Gasteiger partial charge < -0.3 is 15.8 Å². The highest BCUT2D eigenvalue weighted by Gasteiger charge is 2.38. The average molecular weight is 390 g/mol. The van der Waals surface area contributed by atoms with Crippen LogP contribution in [0.25, 0.3) is 10.8 Å². The van der Waals surface area contributed by atoms with Crippen LogP contribution in [-0.4, -0.2) is 29.4 Å². The zero-order chi connectivity index (χ0) is 20.5. The Balaban J connectivity index is 1.62. The second kappa shape index (κ2) is 7.43. The molecule has 2 amide bonds. The molecule has 1 aromatic heterocycles. The molecule has 7 heteroatoms. The van der Waals surface area contributed by atoms with Crippen molar-refractivity contribution in [2.75, 3.05) is 22.5 Å². The molecule has 2 heterocycles. The number of fused-ring (bicyclic) bond motifs is 2. The Morgan fingerprint density at radius 2 is 1.93 bits per heavy atom. The lowest BCUT2D eigenvalue weighted by atomic mass is 10.0. The highest BCUT2D eigenvalue weighted by molar-refractivity contribution is 6.08. The van der Waals surface area contributed by atoms with Crippen LogP contribution in [0.4, 0.5) is 17.3 Å². The number of nitrogens with two attached hydrogens (primary N) is 1. The van der Waals surface area contributed by atoms with Gasteiger partial charge in [-0.25, -0.2) is 4.98 Å². The van der Waals surface area contributed by atoms with Crippen molar-refractivity contribution in [1.82, 2.24) is 4.98 Å². The van der Waals surface area contributed by atoms with Gasteiger partial charge in [0.2, 0.25) is 5.91 Å². The maximum absolute atomic E-state index is 13.0. The molecular formula is C22H22N4O3. The lowest BCUT2D eigenvalue weighted by molar-refractivity contribution is -0.129. The molecule has 0 aliphatic carbocycles. The number of aromatic nitrogens is 1. The van der Waals surface area contributed by atoms with Crippen molar-refractivity contribution in [2.24, 2.45) is 5.92 Å². The van der Waals surface area contributed by atoms with Gasteiger partial charge in [0, 0.05) is 11.1 Å². The van der Waals surface area contributed by atoms with Crippen LogP contribution in [0, 0.1) is 5.92 Å². The Morgan fingerprint density at radius 1 is 1.17 bits per heavy atom. The number of nitrogens with zero attached hydrogens (tertiary/aromatic N) is 2. The molecular weight excluding hydrogens is 368 g/mol. The normalized spacial score (nSPS) is 15.9. The van der Waals surface area contributed by atoms with E-state index in [1.54, 1.807) is 12.1 Å². The molecule has 3 aromatic rings. The number of nitrogens with one attached hydrogen (secondary N) is 1. The van der Waals surface area contributed by atoms with E-state index in [0.717, 1.165) is 10.8 Å². The fourth-order valence-corrected chi connectivity index (χ4v) is 3.42. The molecule has 0 fully saturated rings. The number of amides is 2. The number of hydrogen-bond acceptors (Lipinski definition) is 5. The summed E-state index contributed by atoms with van der Waals surface area (Å²) in [5, 5.41) is 4.86. The van der Waals surface area contributed by atoms with Crippen molar-refractivity contribution in [1.29, 1.82) is 0 Å². The third kappa shape index (κ3) is 3.59. The van der Waals surface area contributed by atoms with E-state index in [1.165, 1.54) is 4.90 Å². The van der Waals surface area contributed by atoms with Crippen LogP contribution in [0.2, 0.25) is 0 Å². The second-order valence-corrected chi connectivity index (χ2v) is 7.34. The summed E-state index contributed by atoms with van der Waals surface area (Å²) in [7, 11) is 0. The largest absolute Gasteiger partial charge is 0.476 e. The Hall–Kier alpha value is -3.61. The van der Waals surface area contributed by atoms with Crippen molar-refractivity contribution in [3.8, 4) is 5.75 Å². The molecule has 2 aromatic carbocycles. The average Bonchev–Trinajstić information content (AvgIpc) is 2.70. The quantitative estimate of drug-likeness (QED) is 0.713. The minimum atomic E-state index is -0.682. The Bertz CT molecular complexity index is 1090. The third-order valence-corrected chi connectivity index (χ3v) is 4.85. The lowest BCUT2D eigenvalue weighted by Crippen LogP contribution is -2.51.